The van der Waals surface area contributed by atoms with Crippen LogP contribution in [-0.2, 0) is 11.3 Å². The van der Waals surface area contributed by atoms with E-state index in [1.54, 1.807) is 43.8 Å². The number of hydrogen-bond acceptors (Lipinski definition) is 5. The van der Waals surface area contributed by atoms with Gasteiger partial charge in [0.25, 0.3) is 5.56 Å². The lowest BCUT2D eigenvalue weighted by atomic mass is 10.1. The first-order valence-electron chi connectivity index (χ1n) is 7.94. The topological polar surface area (TPSA) is 75.3 Å². The number of carbonyl (C=O) groups excluding carboxylic acids is 1. The second-order valence-corrected chi connectivity index (χ2v) is 5.58. The number of fused-ring (bicyclic) bond motifs is 1. The van der Waals surface area contributed by atoms with Crippen LogP contribution in [0.3, 0.4) is 0 Å². The van der Waals surface area contributed by atoms with Gasteiger partial charge in [0, 0.05) is 18.9 Å². The molecule has 0 saturated heterocycles. The number of nitrogens with zero attached hydrogens (tertiary/aromatic N) is 3. The van der Waals surface area contributed by atoms with Crippen molar-refractivity contribution >= 4 is 5.97 Å². The minimum absolute atomic E-state index is 0.276. The number of esters is 1. The molecular weight excluding hydrogens is 322 g/mol. The van der Waals surface area contributed by atoms with Crippen LogP contribution in [0, 0.1) is 0 Å². The molecule has 0 unspecified atom stereocenters. The van der Waals surface area contributed by atoms with Crippen molar-refractivity contribution in [1.82, 2.24) is 14.3 Å². The van der Waals surface area contributed by atoms with Crippen LogP contribution in [0.15, 0.2) is 41.5 Å². The van der Waals surface area contributed by atoms with Crippen molar-refractivity contribution in [2.75, 3.05) is 14.2 Å². The third-order valence-electron chi connectivity index (χ3n) is 3.93. The maximum atomic E-state index is 12.8. The van der Waals surface area contributed by atoms with Gasteiger partial charge in [0.15, 0.2) is 0 Å². The summed E-state index contributed by atoms with van der Waals surface area (Å²) in [6.45, 7) is 2.71. The second kappa shape index (κ2) is 6.80. The Balaban J connectivity index is 2.21. The highest BCUT2D eigenvalue weighted by atomic mass is 16.5. The summed E-state index contributed by atoms with van der Waals surface area (Å²) in [5.74, 6) is 0.166. The van der Waals surface area contributed by atoms with Crippen LogP contribution < -0.4 is 10.3 Å². The number of methoxy groups -OCH3 is 2. The maximum absolute atomic E-state index is 12.8. The lowest BCUT2D eigenvalue weighted by Gasteiger charge is -2.10. The van der Waals surface area contributed by atoms with Crippen LogP contribution >= 0.6 is 0 Å². The predicted molar refractivity (Wildman–Crippen MR) is 92.6 cm³/mol. The fraction of sp³-hybridized carbons (Fsp3) is 0.278. The van der Waals surface area contributed by atoms with Gasteiger partial charge in [-0.15, -0.1) is 0 Å². The summed E-state index contributed by atoms with van der Waals surface area (Å²) in [5, 5.41) is 4.36. The summed E-state index contributed by atoms with van der Waals surface area (Å²) in [7, 11) is 2.88. The highest BCUT2D eigenvalue weighted by molar-refractivity contribution is 5.96. The van der Waals surface area contributed by atoms with E-state index in [9.17, 15) is 9.59 Å². The first kappa shape index (κ1) is 16.8. The van der Waals surface area contributed by atoms with Crippen LogP contribution in [0.25, 0.3) is 16.9 Å². The Morgan fingerprint density at radius 1 is 1.16 bits per heavy atom. The van der Waals surface area contributed by atoms with E-state index in [0.717, 1.165) is 6.42 Å². The first-order valence-corrected chi connectivity index (χ1v) is 7.94. The zero-order valence-electron chi connectivity index (χ0n) is 14.4. The van der Waals surface area contributed by atoms with E-state index in [1.807, 2.05) is 11.5 Å². The predicted octanol–water partition coefficient (Wildman–Crippen LogP) is 2.34. The fourth-order valence-electron chi connectivity index (χ4n) is 2.71. The average molecular weight is 341 g/mol. The van der Waals surface area contributed by atoms with Crippen molar-refractivity contribution in [3.8, 4) is 22.7 Å². The molecule has 0 bridgehead atoms. The largest absolute Gasteiger partial charge is 0.497 e. The van der Waals surface area contributed by atoms with Crippen LogP contribution in [0.1, 0.15) is 23.7 Å². The molecular formula is C18H19N3O4. The lowest BCUT2D eigenvalue weighted by molar-refractivity contribution is 0.0600. The summed E-state index contributed by atoms with van der Waals surface area (Å²) < 4.78 is 13.1. The molecule has 0 amide bonds. The van der Waals surface area contributed by atoms with Gasteiger partial charge in [0.2, 0.25) is 0 Å². The van der Waals surface area contributed by atoms with E-state index in [0.29, 0.717) is 29.2 Å². The van der Waals surface area contributed by atoms with E-state index in [4.69, 9.17) is 9.47 Å². The zero-order valence-corrected chi connectivity index (χ0v) is 14.4. The minimum Gasteiger partial charge on any atom is -0.497 e. The van der Waals surface area contributed by atoms with Gasteiger partial charge in [-0.05, 0) is 30.7 Å². The molecule has 0 aliphatic carbocycles. The lowest BCUT2D eigenvalue weighted by Crippen LogP contribution is -2.15. The fourth-order valence-corrected chi connectivity index (χ4v) is 2.71. The molecule has 25 heavy (non-hydrogen) atoms. The zero-order chi connectivity index (χ0) is 18.0. The van der Waals surface area contributed by atoms with Crippen molar-refractivity contribution in [2.45, 2.75) is 19.9 Å². The molecule has 2 heterocycles. The number of carbonyl (C=O) groups is 1. The van der Waals surface area contributed by atoms with Crippen molar-refractivity contribution < 1.29 is 14.3 Å². The molecule has 130 valence electrons. The third kappa shape index (κ3) is 3.00. The SMILES string of the molecule is CCCn1cc(C(=O)OC)c2nn(-c3ccc(OC)cc3)c(=O)c-2c1. The molecule has 0 saturated carbocycles. The number of aryl methyl sites for hydroxylation is 1. The van der Waals surface area contributed by atoms with Gasteiger partial charge in [-0.25, -0.2) is 4.79 Å². The number of rotatable bonds is 5. The normalized spacial score (nSPS) is 10.8. The van der Waals surface area contributed by atoms with E-state index >= 15 is 0 Å². The number of ether oxygens (including phenoxy) is 2. The van der Waals surface area contributed by atoms with Crippen molar-refractivity contribution in [3.05, 3.63) is 52.6 Å². The summed E-state index contributed by atoms with van der Waals surface area (Å²) in [4.78, 5) is 24.9. The Bertz CT molecular complexity index is 925. The molecule has 0 atom stereocenters. The Morgan fingerprint density at radius 2 is 1.88 bits per heavy atom. The molecule has 3 rings (SSSR count). The number of pyridine rings is 1. The summed E-state index contributed by atoms with van der Waals surface area (Å²) >= 11 is 0. The maximum Gasteiger partial charge on any atom is 0.341 e. The quantitative estimate of drug-likeness (QED) is 0.666. The molecule has 1 aromatic carbocycles. The number of benzene rings is 1. The van der Waals surface area contributed by atoms with Gasteiger partial charge >= 0.3 is 5.97 Å². The molecule has 0 N–H and O–H groups in total. The van der Waals surface area contributed by atoms with Crippen LogP contribution in [0.2, 0.25) is 0 Å². The monoisotopic (exact) mass is 341 g/mol. The van der Waals surface area contributed by atoms with Gasteiger partial charge in [-0.1, -0.05) is 6.92 Å². The van der Waals surface area contributed by atoms with Crippen molar-refractivity contribution in [1.29, 1.82) is 0 Å². The number of hydrogen-bond donors (Lipinski definition) is 0. The summed E-state index contributed by atoms with van der Waals surface area (Å²) in [6.07, 6.45) is 4.26. The molecule has 0 aromatic heterocycles. The first-order chi connectivity index (χ1) is 12.1. The summed E-state index contributed by atoms with van der Waals surface area (Å²) in [5.41, 5.74) is 1.31. The standard InChI is InChI=1S/C18H19N3O4/c1-4-9-20-10-14-16(15(11-20)18(23)25-3)19-21(17(14)22)12-5-7-13(24-2)8-6-12/h5-8,10-11H,4,9H2,1-3H3. The van der Waals surface area contributed by atoms with Gasteiger partial charge in [-0.2, -0.15) is 9.78 Å². The number of aromatic nitrogens is 3. The van der Waals surface area contributed by atoms with E-state index < -0.39 is 5.97 Å². The smallest absolute Gasteiger partial charge is 0.341 e. The minimum atomic E-state index is -0.519. The molecule has 2 aliphatic rings. The van der Waals surface area contributed by atoms with Crippen LogP contribution in [0.5, 0.6) is 5.75 Å². The van der Waals surface area contributed by atoms with Crippen molar-refractivity contribution in [3.63, 3.8) is 0 Å². The Hall–Kier alpha value is -3.09. The van der Waals surface area contributed by atoms with Gasteiger partial charge in [-0.3, -0.25) is 4.79 Å². The van der Waals surface area contributed by atoms with Gasteiger partial charge < -0.3 is 14.0 Å². The van der Waals surface area contributed by atoms with Gasteiger partial charge in [0.1, 0.15) is 17.0 Å². The summed E-state index contributed by atoms with van der Waals surface area (Å²) in [6, 6.07) is 6.98. The molecule has 2 aliphatic heterocycles. The van der Waals surface area contributed by atoms with Gasteiger partial charge in [0.05, 0.1) is 25.5 Å². The van der Waals surface area contributed by atoms with E-state index in [-0.39, 0.29) is 11.1 Å². The molecule has 7 nitrogen and oxygen atoms in total. The highest BCUT2D eigenvalue weighted by Gasteiger charge is 2.24. The van der Waals surface area contributed by atoms with Crippen molar-refractivity contribution in [2.24, 2.45) is 0 Å². The third-order valence-corrected chi connectivity index (χ3v) is 3.93. The van der Waals surface area contributed by atoms with E-state index in [1.165, 1.54) is 11.8 Å². The molecule has 7 heteroatoms. The Morgan fingerprint density at radius 3 is 2.48 bits per heavy atom. The average Bonchev–Trinajstić information content (AvgIpc) is 2.97. The second-order valence-electron chi connectivity index (χ2n) is 5.58. The highest BCUT2D eigenvalue weighted by Crippen LogP contribution is 2.23. The Labute approximate surface area is 144 Å². The Kier molecular flexibility index (Phi) is 4.56. The van der Waals surface area contributed by atoms with E-state index in [2.05, 4.69) is 5.10 Å². The van der Waals surface area contributed by atoms with Crippen LogP contribution in [0.4, 0.5) is 0 Å². The molecule has 0 fully saturated rings. The molecule has 0 radical (unpaired) electrons. The van der Waals surface area contributed by atoms with Crippen LogP contribution in [-0.4, -0.2) is 34.5 Å². The molecule has 1 aromatic rings. The molecule has 0 spiro atoms.